The molecule has 8 heteroatoms. The van der Waals surface area contributed by atoms with Gasteiger partial charge in [0.1, 0.15) is 11.0 Å². The van der Waals surface area contributed by atoms with Crippen LogP contribution >= 0.6 is 31.9 Å². The Morgan fingerprint density at radius 2 is 1.80 bits per heavy atom. The third-order valence-corrected chi connectivity index (χ3v) is 5.07. The summed E-state index contributed by atoms with van der Waals surface area (Å²) >= 11 is 6.54. The lowest BCUT2D eigenvalue weighted by atomic mass is 10.3. The van der Waals surface area contributed by atoms with E-state index in [1.165, 1.54) is 18.3 Å². The number of sulfonamides is 1. The smallest absolute Gasteiger partial charge is 0.264 e. The highest BCUT2D eigenvalue weighted by Crippen LogP contribution is 2.32. The number of hydrogen-bond acceptors (Lipinski definition) is 4. The van der Waals surface area contributed by atoms with Crippen LogP contribution < -0.4 is 4.72 Å². The molecule has 0 bridgehead atoms. The maximum absolute atomic E-state index is 12.3. The predicted octanol–water partition coefficient (Wildman–Crippen LogP) is 3.28. The molecule has 20 heavy (non-hydrogen) atoms. The Labute approximate surface area is 133 Å². The lowest BCUT2D eigenvalue weighted by Gasteiger charge is -2.11. The van der Waals surface area contributed by atoms with E-state index in [0.29, 0.717) is 14.6 Å². The molecule has 0 spiro atoms. The van der Waals surface area contributed by atoms with Gasteiger partial charge in [0.15, 0.2) is 5.69 Å². The lowest BCUT2D eigenvalue weighted by molar-refractivity contribution is 0.600. The normalized spacial score (nSPS) is 10.8. The van der Waals surface area contributed by atoms with Crippen LogP contribution in [0, 0.1) is 11.3 Å². The van der Waals surface area contributed by atoms with Crippen LogP contribution in [0.25, 0.3) is 0 Å². The highest BCUT2D eigenvalue weighted by Gasteiger charge is 2.21. The zero-order valence-electron chi connectivity index (χ0n) is 9.84. The van der Waals surface area contributed by atoms with Gasteiger partial charge in [-0.1, -0.05) is 6.07 Å². The number of nitriles is 1. The van der Waals surface area contributed by atoms with E-state index in [2.05, 4.69) is 41.6 Å². The predicted molar refractivity (Wildman–Crippen MR) is 81.6 cm³/mol. The first-order chi connectivity index (χ1) is 9.45. The molecule has 0 atom stereocenters. The minimum atomic E-state index is -3.90. The van der Waals surface area contributed by atoms with Crippen molar-refractivity contribution in [1.82, 2.24) is 4.98 Å². The molecule has 0 aliphatic carbocycles. The van der Waals surface area contributed by atoms with Crippen LogP contribution in [0.1, 0.15) is 5.69 Å². The monoisotopic (exact) mass is 415 g/mol. The van der Waals surface area contributed by atoms with E-state index in [9.17, 15) is 8.42 Å². The Kier molecular flexibility index (Phi) is 4.42. The van der Waals surface area contributed by atoms with Gasteiger partial charge in [0.25, 0.3) is 10.0 Å². The summed E-state index contributed by atoms with van der Waals surface area (Å²) < 4.78 is 28.3. The molecule has 1 heterocycles. The summed E-state index contributed by atoms with van der Waals surface area (Å²) in [5, 5.41) is 8.93. The van der Waals surface area contributed by atoms with Crippen molar-refractivity contribution in [3.63, 3.8) is 0 Å². The number of para-hydroxylation sites is 1. The van der Waals surface area contributed by atoms with E-state index in [4.69, 9.17) is 5.26 Å². The molecule has 0 saturated heterocycles. The Bertz CT molecular complexity index is 780. The average Bonchev–Trinajstić information content (AvgIpc) is 2.43. The Hall–Kier alpha value is -1.43. The molecule has 1 N–H and O–H groups in total. The number of rotatable bonds is 3. The van der Waals surface area contributed by atoms with Gasteiger partial charge in [0, 0.05) is 15.1 Å². The standard InChI is InChI=1S/C12H7Br2N3O2S/c13-8-3-1-4-9(14)12(8)17-20(18,19)11-5-2-6-16-10(11)7-15/h1-6,17H. The number of aromatic nitrogens is 1. The lowest BCUT2D eigenvalue weighted by Crippen LogP contribution is -2.15. The quantitative estimate of drug-likeness (QED) is 0.832. The van der Waals surface area contributed by atoms with Crippen molar-refractivity contribution in [1.29, 1.82) is 5.26 Å². The summed E-state index contributed by atoms with van der Waals surface area (Å²) in [6.07, 6.45) is 1.37. The van der Waals surface area contributed by atoms with Gasteiger partial charge in [0.2, 0.25) is 0 Å². The molecule has 1 aromatic carbocycles. The van der Waals surface area contributed by atoms with Crippen LogP contribution in [-0.4, -0.2) is 13.4 Å². The molecule has 0 aliphatic heterocycles. The number of anilines is 1. The van der Waals surface area contributed by atoms with Crippen LogP contribution in [0.5, 0.6) is 0 Å². The number of benzene rings is 1. The van der Waals surface area contributed by atoms with Gasteiger partial charge in [-0.15, -0.1) is 0 Å². The van der Waals surface area contributed by atoms with Crippen LogP contribution in [0.15, 0.2) is 50.4 Å². The maximum Gasteiger partial charge on any atom is 0.264 e. The van der Waals surface area contributed by atoms with Gasteiger partial charge in [-0.05, 0) is 56.1 Å². The fourth-order valence-corrected chi connectivity index (χ4v) is 4.14. The second kappa shape index (κ2) is 5.91. The average molecular weight is 417 g/mol. The Morgan fingerprint density at radius 1 is 1.15 bits per heavy atom. The fraction of sp³-hybridized carbons (Fsp3) is 0. The van der Waals surface area contributed by atoms with Gasteiger partial charge < -0.3 is 0 Å². The molecule has 0 aliphatic rings. The van der Waals surface area contributed by atoms with Crippen molar-refractivity contribution < 1.29 is 8.42 Å². The third-order valence-electron chi connectivity index (χ3n) is 2.37. The molecule has 102 valence electrons. The van der Waals surface area contributed by atoms with Crippen LogP contribution in [-0.2, 0) is 10.0 Å². The highest BCUT2D eigenvalue weighted by molar-refractivity contribution is 9.11. The number of hydrogen-bond donors (Lipinski definition) is 1. The van der Waals surface area contributed by atoms with E-state index in [-0.39, 0.29) is 10.6 Å². The first-order valence-electron chi connectivity index (χ1n) is 5.27. The summed E-state index contributed by atoms with van der Waals surface area (Å²) in [6, 6.07) is 9.73. The third kappa shape index (κ3) is 3.00. The van der Waals surface area contributed by atoms with Crippen molar-refractivity contribution in [2.45, 2.75) is 4.90 Å². The molecular formula is C12H7Br2N3O2S. The minimum Gasteiger partial charge on any atom is -0.277 e. The summed E-state index contributed by atoms with van der Waals surface area (Å²) in [4.78, 5) is 3.58. The molecule has 5 nitrogen and oxygen atoms in total. The largest absolute Gasteiger partial charge is 0.277 e. The Morgan fingerprint density at radius 3 is 2.40 bits per heavy atom. The molecule has 0 saturated carbocycles. The molecule has 0 amide bonds. The van der Waals surface area contributed by atoms with Gasteiger partial charge in [-0.3, -0.25) is 4.72 Å². The van der Waals surface area contributed by atoms with E-state index < -0.39 is 10.0 Å². The zero-order valence-corrected chi connectivity index (χ0v) is 13.8. The van der Waals surface area contributed by atoms with E-state index in [1.807, 2.05) is 0 Å². The molecule has 2 rings (SSSR count). The van der Waals surface area contributed by atoms with Gasteiger partial charge in [-0.25, -0.2) is 13.4 Å². The maximum atomic E-state index is 12.3. The first-order valence-corrected chi connectivity index (χ1v) is 8.34. The van der Waals surface area contributed by atoms with Crippen molar-refractivity contribution in [2.24, 2.45) is 0 Å². The van der Waals surface area contributed by atoms with Crippen LogP contribution in [0.3, 0.4) is 0 Å². The molecule has 2 aromatic rings. The SMILES string of the molecule is N#Cc1ncccc1S(=O)(=O)Nc1c(Br)cccc1Br. The molecule has 0 fully saturated rings. The number of halogens is 2. The summed E-state index contributed by atoms with van der Waals surface area (Å²) in [5.41, 5.74) is 0.211. The van der Waals surface area contributed by atoms with Crippen LogP contribution in [0.2, 0.25) is 0 Å². The fourth-order valence-electron chi connectivity index (χ4n) is 1.48. The van der Waals surface area contributed by atoms with Crippen molar-refractivity contribution >= 4 is 47.6 Å². The molecule has 1 aromatic heterocycles. The Balaban J connectivity index is 2.50. The zero-order chi connectivity index (χ0) is 14.8. The van der Waals surface area contributed by atoms with Crippen molar-refractivity contribution in [3.8, 4) is 6.07 Å². The first kappa shape index (κ1) is 15.0. The highest BCUT2D eigenvalue weighted by atomic mass is 79.9. The minimum absolute atomic E-state index is 0.150. The van der Waals surface area contributed by atoms with E-state index in [1.54, 1.807) is 24.3 Å². The summed E-state index contributed by atoms with van der Waals surface area (Å²) in [5.74, 6) is 0. The second-order valence-corrected chi connectivity index (χ2v) is 7.02. The van der Waals surface area contributed by atoms with Crippen LogP contribution in [0.4, 0.5) is 5.69 Å². The topological polar surface area (TPSA) is 82.8 Å². The molecular weight excluding hydrogens is 410 g/mol. The van der Waals surface area contributed by atoms with E-state index >= 15 is 0 Å². The van der Waals surface area contributed by atoms with Crippen molar-refractivity contribution in [2.75, 3.05) is 4.72 Å². The van der Waals surface area contributed by atoms with Gasteiger partial charge in [0.05, 0.1) is 5.69 Å². The second-order valence-electron chi connectivity index (χ2n) is 3.66. The van der Waals surface area contributed by atoms with Gasteiger partial charge >= 0.3 is 0 Å². The molecule has 0 unspecified atom stereocenters. The van der Waals surface area contributed by atoms with Crippen molar-refractivity contribution in [3.05, 3.63) is 51.2 Å². The summed E-state index contributed by atoms with van der Waals surface area (Å²) in [6.45, 7) is 0. The van der Waals surface area contributed by atoms with E-state index in [0.717, 1.165) is 0 Å². The van der Waals surface area contributed by atoms with Gasteiger partial charge in [-0.2, -0.15) is 5.26 Å². The molecule has 0 radical (unpaired) electrons. The number of pyridine rings is 1. The number of nitrogens with zero attached hydrogens (tertiary/aromatic N) is 2. The summed E-state index contributed by atoms with van der Waals surface area (Å²) in [7, 11) is -3.90. The number of nitrogens with one attached hydrogen (secondary N) is 1.